The van der Waals surface area contributed by atoms with Crippen LogP contribution in [0.4, 0.5) is 0 Å². The second-order valence-electron chi connectivity index (χ2n) is 3.09. The van der Waals surface area contributed by atoms with Crippen LogP contribution in [0.3, 0.4) is 0 Å². The van der Waals surface area contributed by atoms with Gasteiger partial charge in [0.25, 0.3) is 0 Å². The smallest absolute Gasteiger partial charge is 0.124 e. The second-order valence-corrected chi connectivity index (χ2v) is 5.33. The van der Waals surface area contributed by atoms with Gasteiger partial charge in [0.15, 0.2) is 0 Å². The molecule has 0 aliphatic rings. The summed E-state index contributed by atoms with van der Waals surface area (Å²) >= 11 is 5.07. The van der Waals surface area contributed by atoms with E-state index in [0.717, 1.165) is 20.1 Å². The van der Waals surface area contributed by atoms with Gasteiger partial charge < -0.3 is 4.74 Å². The number of rotatable bonds is 3. The van der Waals surface area contributed by atoms with Gasteiger partial charge >= 0.3 is 0 Å². The van der Waals surface area contributed by atoms with Crippen molar-refractivity contribution in [2.45, 2.75) is 13.5 Å². The van der Waals surface area contributed by atoms with E-state index in [-0.39, 0.29) is 0 Å². The third-order valence-corrected chi connectivity index (χ3v) is 3.23. The summed E-state index contributed by atoms with van der Waals surface area (Å²) in [6, 6.07) is 7.83. The Morgan fingerprint density at radius 2 is 2.33 bits per heavy atom. The fourth-order valence-electron chi connectivity index (χ4n) is 1.18. The maximum atomic E-state index is 5.63. The summed E-state index contributed by atoms with van der Waals surface area (Å²) in [7, 11) is 0. The van der Waals surface area contributed by atoms with Crippen LogP contribution in [0.2, 0.25) is 0 Å². The lowest BCUT2D eigenvalue weighted by molar-refractivity contribution is 0.309. The van der Waals surface area contributed by atoms with Crippen LogP contribution in [-0.2, 0) is 6.61 Å². The van der Waals surface area contributed by atoms with Crippen LogP contribution in [0.5, 0.6) is 5.75 Å². The first kappa shape index (κ1) is 10.6. The van der Waals surface area contributed by atoms with E-state index in [1.165, 1.54) is 0 Å². The predicted octanol–water partition coefficient (Wildman–Crippen LogP) is 3.79. The maximum absolute atomic E-state index is 5.63. The van der Waals surface area contributed by atoms with Crippen LogP contribution in [0, 0.1) is 6.92 Å². The average molecular weight is 284 g/mol. The first-order valence-corrected chi connectivity index (χ1v) is 6.14. The van der Waals surface area contributed by atoms with E-state index in [0.29, 0.717) is 6.61 Å². The number of thiazole rings is 1. The van der Waals surface area contributed by atoms with Crippen LogP contribution in [0.1, 0.15) is 9.88 Å². The van der Waals surface area contributed by atoms with Gasteiger partial charge in [-0.3, -0.25) is 0 Å². The summed E-state index contributed by atoms with van der Waals surface area (Å²) in [6.45, 7) is 2.58. The normalized spacial score (nSPS) is 10.3. The predicted molar refractivity (Wildman–Crippen MR) is 65.3 cm³/mol. The number of benzene rings is 1. The molecule has 1 aromatic heterocycles. The molecule has 1 aromatic carbocycles. The fraction of sp³-hybridized carbons (Fsp3) is 0.182. The van der Waals surface area contributed by atoms with Gasteiger partial charge in [-0.1, -0.05) is 22.0 Å². The molecule has 0 bridgehead atoms. The summed E-state index contributed by atoms with van der Waals surface area (Å²) in [6.07, 6.45) is 1.86. The SMILES string of the molecule is Cc1ncc(COc2cccc(Br)c2)s1. The molecular weight excluding hydrogens is 274 g/mol. The first-order chi connectivity index (χ1) is 7.24. The number of ether oxygens (including phenoxy) is 1. The molecule has 0 aliphatic carbocycles. The van der Waals surface area contributed by atoms with Crippen molar-refractivity contribution in [2.75, 3.05) is 0 Å². The molecule has 0 spiro atoms. The van der Waals surface area contributed by atoms with Crippen molar-refractivity contribution in [1.82, 2.24) is 4.98 Å². The molecule has 2 rings (SSSR count). The van der Waals surface area contributed by atoms with Crippen LogP contribution in [-0.4, -0.2) is 4.98 Å². The molecule has 2 nitrogen and oxygen atoms in total. The number of halogens is 1. The minimum Gasteiger partial charge on any atom is -0.488 e. The van der Waals surface area contributed by atoms with Gasteiger partial charge in [-0.05, 0) is 25.1 Å². The van der Waals surface area contributed by atoms with Gasteiger partial charge in [0.05, 0.1) is 9.88 Å². The highest BCUT2D eigenvalue weighted by Gasteiger charge is 1.99. The molecule has 1 heterocycles. The Morgan fingerprint density at radius 3 is 3.00 bits per heavy atom. The number of nitrogens with zero attached hydrogens (tertiary/aromatic N) is 1. The molecule has 0 aliphatic heterocycles. The van der Waals surface area contributed by atoms with Gasteiger partial charge in [0, 0.05) is 10.7 Å². The quantitative estimate of drug-likeness (QED) is 0.855. The Balaban J connectivity index is 1.99. The van der Waals surface area contributed by atoms with Gasteiger partial charge in [-0.25, -0.2) is 4.98 Å². The van der Waals surface area contributed by atoms with E-state index in [4.69, 9.17) is 4.74 Å². The lowest BCUT2D eigenvalue weighted by Gasteiger charge is -2.03. The highest BCUT2D eigenvalue weighted by atomic mass is 79.9. The van der Waals surface area contributed by atoms with Crippen LogP contribution < -0.4 is 4.74 Å². The van der Waals surface area contributed by atoms with Crippen LogP contribution in [0.25, 0.3) is 0 Å². The zero-order valence-corrected chi connectivity index (χ0v) is 10.6. The minimum absolute atomic E-state index is 0.585. The summed E-state index contributed by atoms with van der Waals surface area (Å²) in [4.78, 5) is 5.32. The topological polar surface area (TPSA) is 22.1 Å². The first-order valence-electron chi connectivity index (χ1n) is 4.54. The van der Waals surface area contributed by atoms with E-state index in [1.807, 2.05) is 37.4 Å². The molecule has 4 heteroatoms. The number of hydrogen-bond donors (Lipinski definition) is 0. The zero-order valence-electron chi connectivity index (χ0n) is 8.24. The van der Waals surface area contributed by atoms with Gasteiger partial charge in [-0.15, -0.1) is 11.3 Å². The molecule has 0 fully saturated rings. The van der Waals surface area contributed by atoms with E-state index in [9.17, 15) is 0 Å². The van der Waals surface area contributed by atoms with Crippen molar-refractivity contribution in [3.63, 3.8) is 0 Å². The Labute approximate surface area is 101 Å². The molecule has 0 saturated carbocycles. The minimum atomic E-state index is 0.585. The summed E-state index contributed by atoms with van der Waals surface area (Å²) in [5.41, 5.74) is 0. The van der Waals surface area contributed by atoms with Gasteiger partial charge in [0.1, 0.15) is 12.4 Å². The van der Waals surface area contributed by atoms with Crippen molar-refractivity contribution >= 4 is 27.3 Å². The molecule has 0 radical (unpaired) electrons. The third-order valence-electron chi connectivity index (χ3n) is 1.85. The molecule has 2 aromatic rings. The van der Waals surface area contributed by atoms with Crippen LogP contribution in [0.15, 0.2) is 34.9 Å². The van der Waals surface area contributed by atoms with Crippen molar-refractivity contribution < 1.29 is 4.74 Å². The lowest BCUT2D eigenvalue weighted by Crippen LogP contribution is -1.92. The molecule has 15 heavy (non-hydrogen) atoms. The van der Waals surface area contributed by atoms with Gasteiger partial charge in [-0.2, -0.15) is 0 Å². The maximum Gasteiger partial charge on any atom is 0.124 e. The van der Waals surface area contributed by atoms with Crippen LogP contribution >= 0.6 is 27.3 Å². The Bertz CT molecular complexity index is 455. The second kappa shape index (κ2) is 4.77. The molecule has 0 amide bonds. The number of aryl methyl sites for hydroxylation is 1. The summed E-state index contributed by atoms with van der Waals surface area (Å²) in [5, 5.41) is 1.07. The lowest BCUT2D eigenvalue weighted by atomic mass is 10.3. The molecule has 0 N–H and O–H groups in total. The van der Waals surface area contributed by atoms with E-state index in [1.54, 1.807) is 11.3 Å². The summed E-state index contributed by atoms with van der Waals surface area (Å²) < 4.78 is 6.65. The zero-order chi connectivity index (χ0) is 10.7. The van der Waals surface area contributed by atoms with Crippen molar-refractivity contribution in [2.24, 2.45) is 0 Å². The van der Waals surface area contributed by atoms with Gasteiger partial charge in [0.2, 0.25) is 0 Å². The molecular formula is C11H10BrNOS. The standard InChI is InChI=1S/C11H10BrNOS/c1-8-13-6-11(15-8)7-14-10-4-2-3-9(12)5-10/h2-6H,7H2,1H3. The molecule has 78 valence electrons. The molecule has 0 saturated heterocycles. The highest BCUT2D eigenvalue weighted by Crippen LogP contribution is 2.20. The average Bonchev–Trinajstić information content (AvgIpc) is 2.62. The van der Waals surface area contributed by atoms with E-state index < -0.39 is 0 Å². The van der Waals surface area contributed by atoms with Crippen molar-refractivity contribution in [3.8, 4) is 5.75 Å². The van der Waals surface area contributed by atoms with E-state index >= 15 is 0 Å². The monoisotopic (exact) mass is 283 g/mol. The molecule has 0 unspecified atom stereocenters. The number of aromatic nitrogens is 1. The fourth-order valence-corrected chi connectivity index (χ4v) is 2.27. The highest BCUT2D eigenvalue weighted by molar-refractivity contribution is 9.10. The Morgan fingerprint density at radius 1 is 1.47 bits per heavy atom. The third kappa shape index (κ3) is 3.04. The largest absolute Gasteiger partial charge is 0.488 e. The Hall–Kier alpha value is -0.870. The van der Waals surface area contributed by atoms with Crippen molar-refractivity contribution in [3.05, 3.63) is 44.8 Å². The summed E-state index contributed by atoms with van der Waals surface area (Å²) in [5.74, 6) is 0.871. The van der Waals surface area contributed by atoms with Crippen molar-refractivity contribution in [1.29, 1.82) is 0 Å². The molecule has 0 atom stereocenters. The number of hydrogen-bond acceptors (Lipinski definition) is 3. The Kier molecular flexibility index (Phi) is 3.38. The van der Waals surface area contributed by atoms with E-state index in [2.05, 4.69) is 20.9 Å².